The number of benzene rings is 2. The van der Waals surface area contributed by atoms with Gasteiger partial charge >= 0.3 is 6.18 Å². The van der Waals surface area contributed by atoms with Crippen LogP contribution in [0.15, 0.2) is 54.6 Å². The summed E-state index contributed by atoms with van der Waals surface area (Å²) in [6.45, 7) is 1.50. The summed E-state index contributed by atoms with van der Waals surface area (Å²) in [6, 6.07) is 13.9. The van der Waals surface area contributed by atoms with Crippen LogP contribution in [0.3, 0.4) is 0 Å². The summed E-state index contributed by atoms with van der Waals surface area (Å²) in [5.74, 6) is 5.12. The molecule has 0 aromatic heterocycles. The molecule has 0 aliphatic carbocycles. The molecule has 3 nitrogen and oxygen atoms in total. The smallest absolute Gasteiger partial charge is 0.417 e. The Labute approximate surface area is 143 Å². The topological polar surface area (TPSA) is 38.3 Å². The quantitative estimate of drug-likeness (QED) is 0.858. The SMILES string of the molecule is CC(Oc1ccccc1)C(=O)NCC#Cc1ccccc1C(F)(F)F. The predicted molar refractivity (Wildman–Crippen MR) is 87.9 cm³/mol. The maximum Gasteiger partial charge on any atom is 0.417 e. The highest BCUT2D eigenvalue weighted by molar-refractivity contribution is 5.80. The Kier molecular flexibility index (Phi) is 6.07. The van der Waals surface area contributed by atoms with Crippen LogP contribution < -0.4 is 10.1 Å². The summed E-state index contributed by atoms with van der Waals surface area (Å²) in [5.41, 5.74) is -0.924. The van der Waals surface area contributed by atoms with Crippen LogP contribution in [0.2, 0.25) is 0 Å². The van der Waals surface area contributed by atoms with Crippen molar-refractivity contribution >= 4 is 5.91 Å². The molecule has 1 unspecified atom stereocenters. The van der Waals surface area contributed by atoms with Crippen LogP contribution >= 0.6 is 0 Å². The zero-order valence-electron chi connectivity index (χ0n) is 13.4. The van der Waals surface area contributed by atoms with Gasteiger partial charge in [-0.25, -0.2) is 0 Å². The van der Waals surface area contributed by atoms with Crippen molar-refractivity contribution in [3.05, 3.63) is 65.7 Å². The fraction of sp³-hybridized carbons (Fsp3) is 0.211. The normalized spacial score (nSPS) is 11.8. The van der Waals surface area contributed by atoms with E-state index in [0.717, 1.165) is 6.07 Å². The van der Waals surface area contributed by atoms with Crippen LogP contribution in [0.1, 0.15) is 18.1 Å². The fourth-order valence-electron chi connectivity index (χ4n) is 2.01. The van der Waals surface area contributed by atoms with Gasteiger partial charge in [-0.05, 0) is 31.2 Å². The van der Waals surface area contributed by atoms with Crippen molar-refractivity contribution in [3.8, 4) is 17.6 Å². The predicted octanol–water partition coefficient (Wildman–Crippen LogP) is 3.64. The second kappa shape index (κ2) is 8.25. The van der Waals surface area contributed by atoms with E-state index in [1.54, 1.807) is 31.2 Å². The maximum atomic E-state index is 12.8. The van der Waals surface area contributed by atoms with Crippen LogP contribution in [-0.2, 0) is 11.0 Å². The number of ether oxygens (including phenoxy) is 1. The van der Waals surface area contributed by atoms with E-state index >= 15 is 0 Å². The van der Waals surface area contributed by atoms with Crippen molar-refractivity contribution in [1.29, 1.82) is 0 Å². The highest BCUT2D eigenvalue weighted by Gasteiger charge is 2.32. The van der Waals surface area contributed by atoms with Crippen molar-refractivity contribution in [2.24, 2.45) is 0 Å². The summed E-state index contributed by atoms with van der Waals surface area (Å²) >= 11 is 0. The first-order valence-electron chi connectivity index (χ1n) is 7.52. The summed E-state index contributed by atoms with van der Waals surface area (Å²) in [4.78, 5) is 11.9. The number of hydrogen-bond donors (Lipinski definition) is 1. The van der Waals surface area contributed by atoms with E-state index in [-0.39, 0.29) is 12.1 Å². The Hall–Kier alpha value is -2.94. The van der Waals surface area contributed by atoms with E-state index in [0.29, 0.717) is 5.75 Å². The van der Waals surface area contributed by atoms with Gasteiger partial charge in [0.15, 0.2) is 6.10 Å². The number of rotatable bonds is 4. The number of para-hydroxylation sites is 1. The van der Waals surface area contributed by atoms with E-state index in [2.05, 4.69) is 17.2 Å². The lowest BCUT2D eigenvalue weighted by molar-refractivity contribution is -0.137. The molecule has 130 valence electrons. The zero-order chi connectivity index (χ0) is 18.3. The number of nitrogens with one attached hydrogen (secondary N) is 1. The van der Waals surface area contributed by atoms with Crippen molar-refractivity contribution in [2.75, 3.05) is 6.54 Å². The molecule has 0 radical (unpaired) electrons. The van der Waals surface area contributed by atoms with Crippen LogP contribution in [0.25, 0.3) is 0 Å². The van der Waals surface area contributed by atoms with Crippen molar-refractivity contribution in [2.45, 2.75) is 19.2 Å². The minimum atomic E-state index is -4.47. The molecule has 2 aromatic carbocycles. The first-order chi connectivity index (χ1) is 11.9. The number of hydrogen-bond acceptors (Lipinski definition) is 2. The molecule has 1 N–H and O–H groups in total. The third-order valence-electron chi connectivity index (χ3n) is 3.23. The minimum Gasteiger partial charge on any atom is -0.481 e. The molecule has 2 aromatic rings. The molecule has 0 aliphatic heterocycles. The molecule has 1 amide bonds. The fourth-order valence-corrected chi connectivity index (χ4v) is 2.01. The van der Waals surface area contributed by atoms with Gasteiger partial charge in [0.2, 0.25) is 0 Å². The molecule has 6 heteroatoms. The average Bonchev–Trinajstić information content (AvgIpc) is 2.59. The lowest BCUT2D eigenvalue weighted by Crippen LogP contribution is -2.36. The van der Waals surface area contributed by atoms with E-state index in [1.165, 1.54) is 18.2 Å². The molecule has 2 rings (SSSR count). The maximum absolute atomic E-state index is 12.8. The number of carbonyl (C=O) groups excluding carboxylic acids is 1. The highest BCUT2D eigenvalue weighted by Crippen LogP contribution is 2.31. The molecular formula is C19H16F3NO2. The van der Waals surface area contributed by atoms with E-state index in [1.807, 2.05) is 6.07 Å². The number of carbonyl (C=O) groups is 1. The highest BCUT2D eigenvalue weighted by atomic mass is 19.4. The van der Waals surface area contributed by atoms with Crippen molar-refractivity contribution < 1.29 is 22.7 Å². The van der Waals surface area contributed by atoms with Crippen LogP contribution in [0, 0.1) is 11.8 Å². The average molecular weight is 347 g/mol. The monoisotopic (exact) mass is 347 g/mol. The molecule has 0 saturated heterocycles. The Morgan fingerprint density at radius 1 is 1.12 bits per heavy atom. The van der Waals surface area contributed by atoms with Crippen molar-refractivity contribution in [1.82, 2.24) is 5.32 Å². The molecule has 25 heavy (non-hydrogen) atoms. The zero-order valence-corrected chi connectivity index (χ0v) is 13.4. The van der Waals surface area contributed by atoms with Crippen LogP contribution in [-0.4, -0.2) is 18.6 Å². The molecule has 0 aliphatic rings. The van der Waals surface area contributed by atoms with Crippen LogP contribution in [0.4, 0.5) is 13.2 Å². The second-order valence-electron chi connectivity index (χ2n) is 5.14. The molecule has 0 fully saturated rings. The van der Waals surface area contributed by atoms with E-state index in [9.17, 15) is 18.0 Å². The first-order valence-corrected chi connectivity index (χ1v) is 7.52. The minimum absolute atomic E-state index is 0.0759. The van der Waals surface area contributed by atoms with E-state index < -0.39 is 23.8 Å². The summed E-state index contributed by atoms with van der Waals surface area (Å²) < 4.78 is 44.0. The molecule has 0 saturated carbocycles. The van der Waals surface area contributed by atoms with Gasteiger partial charge in [-0.2, -0.15) is 13.2 Å². The van der Waals surface area contributed by atoms with Gasteiger partial charge in [-0.15, -0.1) is 0 Å². The second-order valence-corrected chi connectivity index (χ2v) is 5.14. The Balaban J connectivity index is 1.91. The van der Waals surface area contributed by atoms with Gasteiger partial charge in [-0.3, -0.25) is 4.79 Å². The Morgan fingerprint density at radius 3 is 2.44 bits per heavy atom. The number of amides is 1. The lowest BCUT2D eigenvalue weighted by Gasteiger charge is -2.13. The van der Waals surface area contributed by atoms with E-state index in [4.69, 9.17) is 4.74 Å². The Bertz CT molecular complexity index is 776. The van der Waals surface area contributed by atoms with Crippen LogP contribution in [0.5, 0.6) is 5.75 Å². The largest absolute Gasteiger partial charge is 0.481 e. The molecule has 1 atom stereocenters. The molecular weight excluding hydrogens is 331 g/mol. The molecule has 0 spiro atoms. The first kappa shape index (κ1) is 18.4. The Morgan fingerprint density at radius 2 is 1.76 bits per heavy atom. The molecule has 0 bridgehead atoms. The van der Waals surface area contributed by atoms with Gasteiger partial charge in [-0.1, -0.05) is 42.2 Å². The van der Waals surface area contributed by atoms with Gasteiger partial charge < -0.3 is 10.1 Å². The van der Waals surface area contributed by atoms with Crippen molar-refractivity contribution in [3.63, 3.8) is 0 Å². The third kappa shape index (κ3) is 5.57. The third-order valence-corrected chi connectivity index (χ3v) is 3.23. The number of alkyl halides is 3. The van der Waals surface area contributed by atoms with Gasteiger partial charge in [0, 0.05) is 5.56 Å². The molecule has 0 heterocycles. The summed E-state index contributed by atoms with van der Waals surface area (Å²) in [7, 11) is 0. The summed E-state index contributed by atoms with van der Waals surface area (Å²) in [6.07, 6.45) is -5.21. The number of halogens is 3. The van der Waals surface area contributed by atoms with Gasteiger partial charge in [0.05, 0.1) is 12.1 Å². The lowest BCUT2D eigenvalue weighted by atomic mass is 10.1. The van der Waals surface area contributed by atoms with Gasteiger partial charge in [0.1, 0.15) is 5.75 Å². The standard InChI is InChI=1S/C19H16F3NO2/c1-14(25-16-10-3-2-4-11-16)18(24)23-13-7-9-15-8-5-6-12-17(15)19(20,21)22/h2-6,8,10-12,14H,13H2,1H3,(H,23,24). The summed E-state index contributed by atoms with van der Waals surface area (Å²) in [5, 5.41) is 2.51. The van der Waals surface area contributed by atoms with Gasteiger partial charge in [0.25, 0.3) is 5.91 Å².